The van der Waals surface area contributed by atoms with Crippen molar-refractivity contribution in [3.63, 3.8) is 0 Å². The van der Waals surface area contributed by atoms with Gasteiger partial charge in [0.15, 0.2) is 0 Å². The molecular weight excluding hydrogens is 392 g/mol. The van der Waals surface area contributed by atoms with E-state index in [1.165, 1.54) is 21.1 Å². The van der Waals surface area contributed by atoms with E-state index in [0.717, 1.165) is 5.56 Å². The molecule has 1 unspecified atom stereocenters. The van der Waals surface area contributed by atoms with Gasteiger partial charge in [0.25, 0.3) is 5.79 Å². The van der Waals surface area contributed by atoms with Crippen molar-refractivity contribution in [2.75, 3.05) is 20.8 Å². The Hall–Kier alpha value is -3.12. The van der Waals surface area contributed by atoms with Gasteiger partial charge in [-0.1, -0.05) is 91.0 Å². The van der Waals surface area contributed by atoms with Crippen molar-refractivity contribution in [3.05, 3.63) is 108 Å². The average Bonchev–Trinajstić information content (AvgIpc) is 2.83. The van der Waals surface area contributed by atoms with Crippen LogP contribution in [0.4, 0.5) is 0 Å². The van der Waals surface area contributed by atoms with Crippen LogP contribution in [0.25, 0.3) is 0 Å². The third-order valence-corrected chi connectivity index (χ3v) is 4.94. The molecule has 0 aliphatic carbocycles. The normalized spacial score (nSPS) is 11.7. The van der Waals surface area contributed by atoms with Gasteiger partial charge in [-0.15, -0.1) is 0 Å². The second kappa shape index (κ2) is 11.9. The molecule has 0 heterocycles. The quantitative estimate of drug-likeness (QED) is 0.433. The van der Waals surface area contributed by atoms with Crippen molar-refractivity contribution in [2.24, 2.45) is 0 Å². The molecule has 0 radical (unpaired) electrons. The fourth-order valence-electron chi connectivity index (χ4n) is 3.23. The standard InChI is InChI=1S/C16H16O3.C10H12O2/c1-18-16(19-2,14-11-7-4-8-12-14)15(17)13-9-5-3-6-10-13;1-8(12)10(7-11)9-5-3-2-4-6-9/h3-12H,1-2H3;2-6,10-11H,7H2,1H3. The van der Waals surface area contributed by atoms with Gasteiger partial charge in [0, 0.05) is 25.3 Å². The first-order chi connectivity index (χ1) is 15.0. The summed E-state index contributed by atoms with van der Waals surface area (Å²) in [7, 11) is 2.94. The highest BCUT2D eigenvalue weighted by molar-refractivity contribution is 6.02. The van der Waals surface area contributed by atoms with Gasteiger partial charge in [0.2, 0.25) is 5.78 Å². The minimum atomic E-state index is -1.40. The van der Waals surface area contributed by atoms with Crippen LogP contribution < -0.4 is 0 Å². The molecule has 0 fully saturated rings. The SMILES string of the molecule is CC(=O)C(CO)c1ccccc1.COC(OC)(C(=O)c1ccccc1)c1ccccc1. The predicted octanol–water partition coefficient (Wildman–Crippen LogP) is 4.37. The van der Waals surface area contributed by atoms with Crippen LogP contribution in [0.15, 0.2) is 91.0 Å². The van der Waals surface area contributed by atoms with Gasteiger partial charge in [0.1, 0.15) is 5.78 Å². The summed E-state index contributed by atoms with van der Waals surface area (Å²) < 4.78 is 10.8. The fraction of sp³-hybridized carbons (Fsp3) is 0.231. The molecule has 0 aliphatic heterocycles. The van der Waals surface area contributed by atoms with Crippen molar-refractivity contribution < 1.29 is 24.2 Å². The number of rotatable bonds is 8. The van der Waals surface area contributed by atoms with Gasteiger partial charge in [-0.05, 0) is 12.5 Å². The molecule has 0 bridgehead atoms. The van der Waals surface area contributed by atoms with Crippen molar-refractivity contribution >= 4 is 11.6 Å². The maximum Gasteiger partial charge on any atom is 0.260 e. The van der Waals surface area contributed by atoms with Crippen LogP contribution in [0.3, 0.4) is 0 Å². The Kier molecular flexibility index (Phi) is 9.28. The van der Waals surface area contributed by atoms with Crippen molar-refractivity contribution in [2.45, 2.75) is 18.6 Å². The zero-order valence-electron chi connectivity index (χ0n) is 18.0. The van der Waals surface area contributed by atoms with Gasteiger partial charge >= 0.3 is 0 Å². The molecule has 0 spiro atoms. The van der Waals surface area contributed by atoms with Crippen molar-refractivity contribution in [1.29, 1.82) is 0 Å². The fourth-order valence-corrected chi connectivity index (χ4v) is 3.23. The van der Waals surface area contributed by atoms with E-state index >= 15 is 0 Å². The third kappa shape index (κ3) is 5.95. The Balaban J connectivity index is 0.000000245. The van der Waals surface area contributed by atoms with Crippen molar-refractivity contribution in [1.82, 2.24) is 0 Å². The van der Waals surface area contributed by atoms with E-state index in [-0.39, 0.29) is 24.1 Å². The number of methoxy groups -OCH3 is 2. The summed E-state index contributed by atoms with van der Waals surface area (Å²) in [6, 6.07) is 27.5. The van der Waals surface area contributed by atoms with E-state index in [1.54, 1.807) is 12.1 Å². The number of carbonyl (C=O) groups is 2. The van der Waals surface area contributed by atoms with E-state index in [9.17, 15) is 9.59 Å². The van der Waals surface area contributed by atoms with Gasteiger partial charge in [-0.2, -0.15) is 0 Å². The summed E-state index contributed by atoms with van der Waals surface area (Å²) in [5.41, 5.74) is 2.11. The number of benzene rings is 3. The molecule has 3 rings (SSSR count). The highest BCUT2D eigenvalue weighted by Gasteiger charge is 2.41. The molecule has 162 valence electrons. The first-order valence-electron chi connectivity index (χ1n) is 9.92. The largest absolute Gasteiger partial charge is 0.395 e. The molecule has 5 heteroatoms. The lowest BCUT2D eigenvalue weighted by molar-refractivity contribution is -0.176. The van der Waals surface area contributed by atoms with Crippen LogP contribution in [-0.4, -0.2) is 37.5 Å². The minimum absolute atomic E-state index is 0.00343. The summed E-state index contributed by atoms with van der Waals surface area (Å²) in [6.45, 7) is 1.38. The zero-order valence-corrected chi connectivity index (χ0v) is 18.0. The third-order valence-electron chi connectivity index (χ3n) is 4.94. The number of aliphatic hydroxyl groups excluding tert-OH is 1. The van der Waals surface area contributed by atoms with E-state index in [4.69, 9.17) is 14.6 Å². The minimum Gasteiger partial charge on any atom is -0.395 e. The molecule has 1 N–H and O–H groups in total. The topological polar surface area (TPSA) is 72.8 Å². The maximum absolute atomic E-state index is 12.7. The number of carbonyl (C=O) groups excluding carboxylic acids is 2. The summed E-state index contributed by atoms with van der Waals surface area (Å²) in [4.78, 5) is 23.7. The summed E-state index contributed by atoms with van der Waals surface area (Å²) in [5.74, 6) is -1.97. The highest BCUT2D eigenvalue weighted by atomic mass is 16.7. The Morgan fingerprint density at radius 3 is 1.68 bits per heavy atom. The Morgan fingerprint density at radius 2 is 1.26 bits per heavy atom. The monoisotopic (exact) mass is 420 g/mol. The molecule has 0 aliphatic rings. The van der Waals surface area contributed by atoms with Crippen LogP contribution in [0.1, 0.15) is 34.3 Å². The van der Waals surface area contributed by atoms with E-state index in [1.807, 2.05) is 78.9 Å². The van der Waals surface area contributed by atoms with E-state index < -0.39 is 5.79 Å². The lowest BCUT2D eigenvalue weighted by Crippen LogP contribution is -2.39. The number of ether oxygens (including phenoxy) is 2. The molecular formula is C26H28O5. The number of hydrogen-bond donors (Lipinski definition) is 1. The first-order valence-corrected chi connectivity index (χ1v) is 9.92. The molecule has 3 aromatic rings. The van der Waals surface area contributed by atoms with Crippen LogP contribution in [0.2, 0.25) is 0 Å². The average molecular weight is 421 g/mol. The molecule has 1 atom stereocenters. The molecule has 0 saturated carbocycles. The smallest absolute Gasteiger partial charge is 0.260 e. The lowest BCUT2D eigenvalue weighted by atomic mass is 9.96. The van der Waals surface area contributed by atoms with Gasteiger partial charge in [0.05, 0.1) is 12.5 Å². The summed E-state index contributed by atoms with van der Waals surface area (Å²) >= 11 is 0. The summed E-state index contributed by atoms with van der Waals surface area (Å²) in [6.07, 6.45) is 0. The second-order valence-electron chi connectivity index (χ2n) is 6.84. The first kappa shape index (κ1) is 24.2. The Labute approximate surface area is 183 Å². The summed E-state index contributed by atoms with van der Waals surface area (Å²) in [5, 5.41) is 8.93. The number of hydrogen-bond acceptors (Lipinski definition) is 5. The molecule has 5 nitrogen and oxygen atoms in total. The van der Waals surface area contributed by atoms with Crippen LogP contribution in [0.5, 0.6) is 0 Å². The number of ketones is 2. The van der Waals surface area contributed by atoms with Gasteiger partial charge < -0.3 is 14.6 Å². The highest BCUT2D eigenvalue weighted by Crippen LogP contribution is 2.30. The van der Waals surface area contributed by atoms with Crippen LogP contribution in [-0.2, 0) is 20.1 Å². The molecule has 0 amide bonds. The Bertz CT molecular complexity index is 935. The predicted molar refractivity (Wildman–Crippen MR) is 120 cm³/mol. The zero-order chi connectivity index (χ0) is 22.7. The Morgan fingerprint density at radius 1 is 0.806 bits per heavy atom. The second-order valence-corrected chi connectivity index (χ2v) is 6.84. The number of aliphatic hydroxyl groups is 1. The van der Waals surface area contributed by atoms with Gasteiger partial charge in [-0.3, -0.25) is 9.59 Å². The van der Waals surface area contributed by atoms with E-state index in [0.29, 0.717) is 11.1 Å². The molecule has 0 saturated heterocycles. The van der Waals surface area contributed by atoms with E-state index in [2.05, 4.69) is 0 Å². The maximum atomic E-state index is 12.7. The van der Waals surface area contributed by atoms with Gasteiger partial charge in [-0.25, -0.2) is 0 Å². The van der Waals surface area contributed by atoms with Crippen LogP contribution >= 0.6 is 0 Å². The van der Waals surface area contributed by atoms with Crippen LogP contribution in [0, 0.1) is 0 Å². The lowest BCUT2D eigenvalue weighted by Gasteiger charge is -2.29. The molecule has 3 aromatic carbocycles. The molecule has 0 aromatic heterocycles. The van der Waals surface area contributed by atoms with Crippen molar-refractivity contribution in [3.8, 4) is 0 Å². The number of Topliss-reactive ketones (excluding diaryl/α,β-unsaturated/α-hetero) is 2. The molecule has 31 heavy (non-hydrogen) atoms.